The van der Waals surface area contributed by atoms with Gasteiger partial charge in [0.2, 0.25) is 0 Å². The van der Waals surface area contributed by atoms with Crippen LogP contribution in [0.25, 0.3) is 22.2 Å². The lowest BCUT2D eigenvalue weighted by Gasteiger charge is -2.33. The fraction of sp³-hybridized carbons (Fsp3) is 0.227. The molecule has 1 N–H and O–H groups in total. The summed E-state index contributed by atoms with van der Waals surface area (Å²) in [6, 6.07) is 7.01. The zero-order chi connectivity index (χ0) is 21.9. The molecule has 0 aliphatic carbocycles. The Morgan fingerprint density at radius 3 is 2.68 bits per heavy atom. The SMILES string of the molecule is CC1c2nn(C)c(-c3cc(F)c(F)c(F)c3)c2CCN1C(=O)c1cccc2cn[nH]c12. The highest BCUT2D eigenvalue weighted by atomic mass is 19.2. The molecule has 1 aliphatic heterocycles. The molecule has 0 bridgehead atoms. The average molecular weight is 425 g/mol. The molecule has 6 nitrogen and oxygen atoms in total. The van der Waals surface area contributed by atoms with Crippen LogP contribution in [0.5, 0.6) is 0 Å². The molecule has 0 saturated heterocycles. The van der Waals surface area contributed by atoms with Crippen molar-refractivity contribution in [3.63, 3.8) is 0 Å². The Labute approximate surface area is 175 Å². The van der Waals surface area contributed by atoms with Gasteiger partial charge in [0.25, 0.3) is 5.91 Å². The normalized spacial score (nSPS) is 16.0. The number of H-pyrrole nitrogens is 1. The molecule has 0 spiro atoms. The Bertz CT molecular complexity index is 1320. The lowest BCUT2D eigenvalue weighted by Crippen LogP contribution is -2.39. The minimum Gasteiger partial charge on any atom is -0.330 e. The molecule has 2 aromatic heterocycles. The summed E-state index contributed by atoms with van der Waals surface area (Å²) in [5, 5.41) is 12.3. The number of benzene rings is 2. The van der Waals surface area contributed by atoms with E-state index in [1.165, 1.54) is 4.68 Å². The Morgan fingerprint density at radius 2 is 1.94 bits per heavy atom. The van der Waals surface area contributed by atoms with E-state index in [4.69, 9.17) is 0 Å². The maximum Gasteiger partial charge on any atom is 0.256 e. The number of para-hydroxylation sites is 1. The summed E-state index contributed by atoms with van der Waals surface area (Å²) in [7, 11) is 1.66. The number of hydrogen-bond donors (Lipinski definition) is 1. The Balaban J connectivity index is 1.54. The molecule has 31 heavy (non-hydrogen) atoms. The molecule has 1 unspecified atom stereocenters. The number of carbonyl (C=O) groups excluding carboxylic acids is 1. The molecule has 0 radical (unpaired) electrons. The molecule has 0 fully saturated rings. The largest absolute Gasteiger partial charge is 0.330 e. The van der Waals surface area contributed by atoms with Gasteiger partial charge in [0.05, 0.1) is 34.7 Å². The predicted molar refractivity (Wildman–Crippen MR) is 108 cm³/mol. The number of aromatic nitrogens is 4. The van der Waals surface area contributed by atoms with Crippen LogP contribution in [0.3, 0.4) is 0 Å². The summed E-state index contributed by atoms with van der Waals surface area (Å²) in [6.45, 7) is 2.27. The fourth-order valence-corrected chi connectivity index (χ4v) is 4.38. The van der Waals surface area contributed by atoms with Gasteiger partial charge in [0.15, 0.2) is 17.5 Å². The Kier molecular flexibility index (Phi) is 4.35. The highest BCUT2D eigenvalue weighted by Crippen LogP contribution is 2.37. The van der Waals surface area contributed by atoms with E-state index in [-0.39, 0.29) is 17.5 Å². The molecular formula is C22H18F3N5O. The number of halogens is 3. The number of nitrogens with zero attached hydrogens (tertiary/aromatic N) is 4. The second-order valence-electron chi connectivity index (χ2n) is 7.65. The predicted octanol–water partition coefficient (Wildman–Crippen LogP) is 4.14. The van der Waals surface area contributed by atoms with Gasteiger partial charge in [-0.2, -0.15) is 10.2 Å². The standard InChI is InChI=1S/C22H18F3N5O/c1-11-19-14(21(29(2)28-19)13-8-16(23)18(25)17(24)9-13)6-7-30(11)22(31)15-5-3-4-12-10-26-27-20(12)15/h3-5,8-11H,6-7H2,1-2H3,(H,26,27). The zero-order valence-electron chi connectivity index (χ0n) is 16.8. The summed E-state index contributed by atoms with van der Waals surface area (Å²) >= 11 is 0. The summed E-state index contributed by atoms with van der Waals surface area (Å²) < 4.78 is 42.6. The minimum atomic E-state index is -1.50. The van der Waals surface area contributed by atoms with Crippen molar-refractivity contribution >= 4 is 16.8 Å². The van der Waals surface area contributed by atoms with Crippen molar-refractivity contribution in [2.24, 2.45) is 7.05 Å². The van der Waals surface area contributed by atoms with E-state index in [1.54, 1.807) is 24.2 Å². The number of amides is 1. The maximum atomic E-state index is 13.8. The highest BCUT2D eigenvalue weighted by Gasteiger charge is 2.34. The minimum absolute atomic E-state index is 0.154. The highest BCUT2D eigenvalue weighted by molar-refractivity contribution is 6.05. The van der Waals surface area contributed by atoms with Crippen molar-refractivity contribution in [3.8, 4) is 11.3 Å². The quantitative estimate of drug-likeness (QED) is 0.491. The smallest absolute Gasteiger partial charge is 0.256 e. The van der Waals surface area contributed by atoms with E-state index in [9.17, 15) is 18.0 Å². The van der Waals surface area contributed by atoms with Crippen LogP contribution >= 0.6 is 0 Å². The number of fused-ring (bicyclic) bond motifs is 2. The van der Waals surface area contributed by atoms with Gasteiger partial charge in [-0.15, -0.1) is 0 Å². The molecular weight excluding hydrogens is 407 g/mol. The van der Waals surface area contributed by atoms with Crippen LogP contribution in [0.4, 0.5) is 13.2 Å². The second-order valence-corrected chi connectivity index (χ2v) is 7.65. The van der Waals surface area contributed by atoms with Crippen molar-refractivity contribution in [1.29, 1.82) is 0 Å². The lowest BCUT2D eigenvalue weighted by molar-refractivity contribution is 0.0675. The topological polar surface area (TPSA) is 66.8 Å². The van der Waals surface area contributed by atoms with Gasteiger partial charge in [-0.25, -0.2) is 13.2 Å². The second kappa shape index (κ2) is 6.97. The number of aromatic amines is 1. The first-order valence-corrected chi connectivity index (χ1v) is 9.80. The molecule has 1 amide bonds. The summed E-state index contributed by atoms with van der Waals surface area (Å²) in [5.41, 5.74) is 3.36. The van der Waals surface area contributed by atoms with Crippen LogP contribution in [0.2, 0.25) is 0 Å². The van der Waals surface area contributed by atoms with Gasteiger partial charge in [0, 0.05) is 30.1 Å². The molecule has 158 valence electrons. The zero-order valence-corrected chi connectivity index (χ0v) is 16.8. The van der Waals surface area contributed by atoms with Crippen molar-refractivity contribution in [2.75, 3.05) is 6.54 Å². The van der Waals surface area contributed by atoms with Gasteiger partial charge in [-0.1, -0.05) is 12.1 Å². The van der Waals surface area contributed by atoms with E-state index in [1.807, 2.05) is 19.1 Å². The van der Waals surface area contributed by atoms with Crippen LogP contribution < -0.4 is 0 Å². The molecule has 2 aromatic carbocycles. The van der Waals surface area contributed by atoms with Crippen molar-refractivity contribution in [1.82, 2.24) is 24.9 Å². The van der Waals surface area contributed by atoms with E-state index in [0.29, 0.717) is 35.4 Å². The van der Waals surface area contributed by atoms with Crippen LogP contribution in [0.1, 0.15) is 34.6 Å². The molecule has 1 atom stereocenters. The van der Waals surface area contributed by atoms with E-state index in [2.05, 4.69) is 15.3 Å². The number of hydrogen-bond acceptors (Lipinski definition) is 3. The van der Waals surface area contributed by atoms with Crippen LogP contribution in [0, 0.1) is 17.5 Å². The third-order valence-corrected chi connectivity index (χ3v) is 5.87. The van der Waals surface area contributed by atoms with Gasteiger partial charge >= 0.3 is 0 Å². The van der Waals surface area contributed by atoms with Gasteiger partial charge in [-0.3, -0.25) is 14.6 Å². The fourth-order valence-electron chi connectivity index (χ4n) is 4.38. The molecule has 9 heteroatoms. The first-order valence-electron chi connectivity index (χ1n) is 9.80. The number of carbonyl (C=O) groups is 1. The third-order valence-electron chi connectivity index (χ3n) is 5.87. The van der Waals surface area contributed by atoms with Gasteiger partial charge in [0.1, 0.15) is 0 Å². The first kappa shape index (κ1) is 19.3. The lowest BCUT2D eigenvalue weighted by atomic mass is 9.94. The summed E-state index contributed by atoms with van der Waals surface area (Å²) in [4.78, 5) is 15.0. The van der Waals surface area contributed by atoms with Crippen molar-refractivity contribution < 1.29 is 18.0 Å². The summed E-state index contributed by atoms with van der Waals surface area (Å²) in [6.07, 6.45) is 2.12. The molecule has 5 rings (SSSR count). The maximum absolute atomic E-state index is 13.8. The Morgan fingerprint density at radius 1 is 1.19 bits per heavy atom. The van der Waals surface area contributed by atoms with Crippen molar-refractivity contribution in [3.05, 3.63) is 70.8 Å². The van der Waals surface area contributed by atoms with Crippen LogP contribution in [-0.4, -0.2) is 37.3 Å². The molecule has 0 saturated carbocycles. The van der Waals surface area contributed by atoms with E-state index >= 15 is 0 Å². The van der Waals surface area contributed by atoms with Crippen LogP contribution in [-0.2, 0) is 13.5 Å². The molecule has 1 aliphatic rings. The first-order chi connectivity index (χ1) is 14.9. The number of nitrogens with one attached hydrogen (secondary N) is 1. The van der Waals surface area contributed by atoms with Crippen molar-refractivity contribution in [2.45, 2.75) is 19.4 Å². The van der Waals surface area contributed by atoms with E-state index < -0.39 is 17.5 Å². The molecule has 4 aromatic rings. The third kappa shape index (κ3) is 2.91. The molecule has 3 heterocycles. The monoisotopic (exact) mass is 425 g/mol. The number of aryl methyl sites for hydroxylation is 1. The van der Waals surface area contributed by atoms with Crippen LogP contribution in [0.15, 0.2) is 36.5 Å². The number of rotatable bonds is 2. The van der Waals surface area contributed by atoms with E-state index in [0.717, 1.165) is 23.1 Å². The van der Waals surface area contributed by atoms with Gasteiger partial charge < -0.3 is 4.90 Å². The summed E-state index contributed by atoms with van der Waals surface area (Å²) in [5.74, 6) is -4.16. The Hall–Kier alpha value is -3.62. The van der Waals surface area contributed by atoms with Gasteiger partial charge in [-0.05, 0) is 31.5 Å². The average Bonchev–Trinajstić information content (AvgIpc) is 3.35.